The van der Waals surface area contributed by atoms with Crippen molar-refractivity contribution >= 4 is 11.6 Å². The van der Waals surface area contributed by atoms with Crippen molar-refractivity contribution in [3.8, 4) is 0 Å². The van der Waals surface area contributed by atoms with E-state index in [2.05, 4.69) is 39.2 Å². The molecule has 30 heavy (non-hydrogen) atoms. The summed E-state index contributed by atoms with van der Waals surface area (Å²) in [5, 5.41) is 4.34. The van der Waals surface area contributed by atoms with Crippen LogP contribution in [0.15, 0.2) is 67.0 Å². The predicted molar refractivity (Wildman–Crippen MR) is 118 cm³/mol. The number of amides is 1. The molecule has 0 saturated carbocycles. The van der Waals surface area contributed by atoms with Crippen LogP contribution in [-0.2, 0) is 23.9 Å². The van der Waals surface area contributed by atoms with Gasteiger partial charge in [-0.25, -0.2) is 4.98 Å². The van der Waals surface area contributed by atoms with Gasteiger partial charge < -0.3 is 0 Å². The minimum Gasteiger partial charge on any atom is -0.299 e. The van der Waals surface area contributed by atoms with Crippen LogP contribution in [0.2, 0.25) is 0 Å². The molecule has 1 aliphatic heterocycles. The highest BCUT2D eigenvalue weighted by Gasteiger charge is 2.47. The number of nitrogens with zero attached hydrogens (tertiary/aromatic N) is 5. The van der Waals surface area contributed by atoms with Crippen molar-refractivity contribution in [1.82, 2.24) is 19.7 Å². The Balaban J connectivity index is 1.68. The van der Waals surface area contributed by atoms with E-state index in [1.54, 1.807) is 6.33 Å². The molecule has 6 heteroatoms. The highest BCUT2D eigenvalue weighted by Crippen LogP contribution is 2.41. The van der Waals surface area contributed by atoms with Gasteiger partial charge in [-0.15, -0.1) is 0 Å². The first-order chi connectivity index (χ1) is 14.6. The van der Waals surface area contributed by atoms with Crippen LogP contribution < -0.4 is 4.90 Å². The topological polar surface area (TPSA) is 54.3 Å². The fraction of sp³-hybridized carbons (Fsp3) is 0.375. The smallest absolute Gasteiger partial charge is 0.227 e. The van der Waals surface area contributed by atoms with Crippen LogP contribution in [0.4, 0.5) is 5.69 Å². The lowest BCUT2D eigenvalue weighted by atomic mass is 9.83. The van der Waals surface area contributed by atoms with Gasteiger partial charge in [-0.2, -0.15) is 5.10 Å². The molecule has 156 valence electrons. The number of hydrogen-bond acceptors (Lipinski definition) is 4. The third kappa shape index (κ3) is 3.87. The number of piperidine rings is 1. The van der Waals surface area contributed by atoms with Crippen LogP contribution in [0, 0.1) is 0 Å². The Bertz CT molecular complexity index is 962. The molecule has 2 heterocycles. The zero-order valence-electron chi connectivity index (χ0n) is 17.7. The fourth-order valence-corrected chi connectivity index (χ4v) is 4.55. The molecule has 1 saturated heterocycles. The van der Waals surface area contributed by atoms with Crippen molar-refractivity contribution < 1.29 is 4.79 Å². The predicted octanol–water partition coefficient (Wildman–Crippen LogP) is 3.75. The van der Waals surface area contributed by atoms with Crippen LogP contribution in [0.5, 0.6) is 0 Å². The molecule has 1 aliphatic rings. The van der Waals surface area contributed by atoms with E-state index in [0.717, 1.165) is 44.0 Å². The number of carbonyl (C=O) groups excluding carboxylic acids is 1. The van der Waals surface area contributed by atoms with Crippen LogP contribution in [0.3, 0.4) is 0 Å². The van der Waals surface area contributed by atoms with E-state index in [0.29, 0.717) is 6.42 Å². The number of aromatic nitrogens is 3. The van der Waals surface area contributed by atoms with Crippen molar-refractivity contribution in [2.45, 2.75) is 38.3 Å². The summed E-state index contributed by atoms with van der Waals surface area (Å²) in [6, 6.07) is 20.5. The van der Waals surface area contributed by atoms with E-state index in [1.165, 1.54) is 5.56 Å². The summed E-state index contributed by atoms with van der Waals surface area (Å²) in [7, 11) is 1.92. The SMILES string of the molecule is CCC(=O)N(c1ccccc1)C1(c2ncnn2C)CCN(Cc2ccccc2)CC1. The van der Waals surface area contributed by atoms with E-state index < -0.39 is 5.54 Å². The van der Waals surface area contributed by atoms with Crippen LogP contribution in [-0.4, -0.2) is 38.7 Å². The van der Waals surface area contributed by atoms with Gasteiger partial charge in [0.05, 0.1) is 0 Å². The van der Waals surface area contributed by atoms with Gasteiger partial charge >= 0.3 is 0 Å². The number of rotatable bonds is 6. The normalized spacial score (nSPS) is 16.3. The molecule has 0 unspecified atom stereocenters. The molecular weight excluding hydrogens is 374 g/mol. The zero-order chi connectivity index (χ0) is 21.0. The van der Waals surface area contributed by atoms with E-state index in [9.17, 15) is 4.79 Å². The van der Waals surface area contributed by atoms with Crippen LogP contribution in [0.25, 0.3) is 0 Å². The summed E-state index contributed by atoms with van der Waals surface area (Å²) in [4.78, 5) is 22.3. The number of aryl methyl sites for hydroxylation is 1. The van der Waals surface area contributed by atoms with Gasteiger partial charge in [-0.05, 0) is 30.5 Å². The molecule has 3 aromatic rings. The quantitative estimate of drug-likeness (QED) is 0.629. The second kappa shape index (κ2) is 8.79. The lowest BCUT2D eigenvalue weighted by molar-refractivity contribution is -0.120. The first-order valence-corrected chi connectivity index (χ1v) is 10.6. The summed E-state index contributed by atoms with van der Waals surface area (Å²) in [5.74, 6) is 0.966. The minimum atomic E-state index is -0.507. The summed E-state index contributed by atoms with van der Waals surface area (Å²) in [6.07, 6.45) is 3.66. The zero-order valence-corrected chi connectivity index (χ0v) is 17.7. The second-order valence-electron chi connectivity index (χ2n) is 7.92. The van der Waals surface area contributed by atoms with Gasteiger partial charge in [-0.1, -0.05) is 55.5 Å². The van der Waals surface area contributed by atoms with E-state index >= 15 is 0 Å². The maximum absolute atomic E-state index is 13.3. The first kappa shape index (κ1) is 20.3. The van der Waals surface area contributed by atoms with E-state index in [-0.39, 0.29) is 5.91 Å². The van der Waals surface area contributed by atoms with Crippen molar-refractivity contribution in [1.29, 1.82) is 0 Å². The van der Waals surface area contributed by atoms with Crippen LogP contribution in [0.1, 0.15) is 37.6 Å². The Morgan fingerprint density at radius 2 is 1.67 bits per heavy atom. The van der Waals surface area contributed by atoms with Gasteiger partial charge in [0.2, 0.25) is 5.91 Å². The van der Waals surface area contributed by atoms with Crippen molar-refractivity contribution in [3.63, 3.8) is 0 Å². The first-order valence-electron chi connectivity index (χ1n) is 10.6. The third-order valence-electron chi connectivity index (χ3n) is 6.05. The number of likely N-dealkylation sites (tertiary alicyclic amines) is 1. The fourth-order valence-electron chi connectivity index (χ4n) is 4.55. The molecule has 1 amide bonds. The molecule has 0 radical (unpaired) electrons. The molecular formula is C24H29N5O. The number of benzene rings is 2. The number of carbonyl (C=O) groups is 1. The van der Waals surface area contributed by atoms with Gasteiger partial charge in [0.15, 0.2) is 5.82 Å². The summed E-state index contributed by atoms with van der Waals surface area (Å²) >= 11 is 0. The van der Waals surface area contributed by atoms with E-state index in [4.69, 9.17) is 0 Å². The Morgan fingerprint density at radius 3 is 2.23 bits per heavy atom. The van der Waals surface area contributed by atoms with Crippen molar-refractivity contribution in [2.24, 2.45) is 7.05 Å². The standard InChI is InChI=1S/C24H29N5O/c1-3-22(30)29(21-12-8-5-9-13-21)24(23-25-19-26-27(23)2)14-16-28(17-15-24)18-20-10-6-4-7-11-20/h4-13,19H,3,14-18H2,1-2H3. The summed E-state index contributed by atoms with van der Waals surface area (Å²) in [5.41, 5.74) is 1.73. The third-order valence-corrected chi connectivity index (χ3v) is 6.05. The molecule has 0 aliphatic carbocycles. The molecule has 4 rings (SSSR count). The number of hydrogen-bond donors (Lipinski definition) is 0. The Kier molecular flexibility index (Phi) is 5.95. The lowest BCUT2D eigenvalue weighted by Crippen LogP contribution is -2.56. The lowest BCUT2D eigenvalue weighted by Gasteiger charge is -2.48. The molecule has 2 aromatic carbocycles. The van der Waals surface area contributed by atoms with Gasteiger partial charge in [0, 0.05) is 38.8 Å². The maximum Gasteiger partial charge on any atom is 0.227 e. The Labute approximate surface area is 178 Å². The Hall–Kier alpha value is -2.99. The summed E-state index contributed by atoms with van der Waals surface area (Å²) < 4.78 is 1.83. The highest BCUT2D eigenvalue weighted by molar-refractivity contribution is 5.94. The molecule has 0 atom stereocenters. The number of para-hydroxylation sites is 1. The molecule has 1 fully saturated rings. The van der Waals surface area contributed by atoms with Crippen molar-refractivity contribution in [3.05, 3.63) is 78.4 Å². The van der Waals surface area contributed by atoms with Gasteiger partial charge in [0.1, 0.15) is 11.9 Å². The largest absolute Gasteiger partial charge is 0.299 e. The summed E-state index contributed by atoms with van der Waals surface area (Å²) in [6.45, 7) is 4.63. The maximum atomic E-state index is 13.3. The molecule has 0 spiro atoms. The number of anilines is 1. The molecule has 6 nitrogen and oxygen atoms in total. The molecule has 0 bridgehead atoms. The monoisotopic (exact) mass is 403 g/mol. The minimum absolute atomic E-state index is 0.112. The molecule has 1 aromatic heterocycles. The average Bonchev–Trinajstić information content (AvgIpc) is 3.23. The van der Waals surface area contributed by atoms with Gasteiger partial charge in [0.25, 0.3) is 0 Å². The Morgan fingerprint density at radius 1 is 1.03 bits per heavy atom. The highest BCUT2D eigenvalue weighted by atomic mass is 16.2. The van der Waals surface area contributed by atoms with Crippen LogP contribution >= 0.6 is 0 Å². The molecule has 0 N–H and O–H groups in total. The van der Waals surface area contributed by atoms with E-state index in [1.807, 2.05) is 60.0 Å². The average molecular weight is 404 g/mol. The second-order valence-corrected chi connectivity index (χ2v) is 7.92. The van der Waals surface area contributed by atoms with Gasteiger partial charge in [-0.3, -0.25) is 19.3 Å². The van der Waals surface area contributed by atoms with Crippen molar-refractivity contribution in [2.75, 3.05) is 18.0 Å².